The van der Waals surface area contributed by atoms with Crippen molar-refractivity contribution in [3.05, 3.63) is 59.7 Å². The number of aliphatic carboxylic acids is 1. The molecule has 2 fully saturated rings. The first kappa shape index (κ1) is 22.8. The number of alkyl carbamates (subject to hydrolysis) is 1. The number of hydrogen-bond acceptors (Lipinski definition) is 5. The molecule has 7 nitrogen and oxygen atoms in total. The SMILES string of the molecule is CC(CC(=O)N1CSC[C@H]1C(=O)O)(NC(=O)OCC1c2ccccc2-c2ccccc21)C1CC1. The average molecular weight is 481 g/mol. The van der Waals surface area contributed by atoms with Crippen LogP contribution in [0.1, 0.15) is 43.2 Å². The minimum absolute atomic E-state index is 0.0371. The zero-order valence-corrected chi connectivity index (χ0v) is 19.8. The summed E-state index contributed by atoms with van der Waals surface area (Å²) in [5.41, 5.74) is 3.84. The molecule has 2 atom stereocenters. The van der Waals surface area contributed by atoms with Crippen molar-refractivity contribution in [3.63, 3.8) is 0 Å². The van der Waals surface area contributed by atoms with Gasteiger partial charge in [0.25, 0.3) is 0 Å². The van der Waals surface area contributed by atoms with Crippen LogP contribution in [0.2, 0.25) is 0 Å². The number of benzene rings is 2. The number of nitrogens with one attached hydrogen (secondary N) is 1. The van der Waals surface area contributed by atoms with E-state index in [9.17, 15) is 19.5 Å². The van der Waals surface area contributed by atoms with E-state index in [1.54, 1.807) is 0 Å². The summed E-state index contributed by atoms with van der Waals surface area (Å²) < 4.78 is 5.71. The molecule has 0 bridgehead atoms. The number of amides is 2. The standard InChI is InChI=1S/C26H28N2O5S/c1-26(16-10-11-16,12-23(29)28-15-34-14-22(28)24(30)31)27-25(32)33-13-21-19-8-4-2-6-17(19)18-7-3-5-9-20(18)21/h2-9,16,21-22H,10-15H2,1H3,(H,27,32)(H,30,31)/t22-,26?/m0/s1. The molecule has 0 aromatic heterocycles. The van der Waals surface area contributed by atoms with Gasteiger partial charge in [0.15, 0.2) is 0 Å². The van der Waals surface area contributed by atoms with Gasteiger partial charge in [-0.2, -0.15) is 0 Å². The second-order valence-electron chi connectivity index (χ2n) is 9.54. The van der Waals surface area contributed by atoms with E-state index in [0.717, 1.165) is 35.1 Å². The predicted molar refractivity (Wildman–Crippen MR) is 130 cm³/mol. The van der Waals surface area contributed by atoms with E-state index in [0.29, 0.717) is 11.6 Å². The van der Waals surface area contributed by atoms with Crippen molar-refractivity contribution >= 4 is 29.7 Å². The number of nitrogens with zero attached hydrogens (tertiary/aromatic N) is 1. The Morgan fingerprint density at radius 2 is 1.71 bits per heavy atom. The Morgan fingerprint density at radius 1 is 1.09 bits per heavy atom. The molecule has 2 aromatic carbocycles. The molecule has 34 heavy (non-hydrogen) atoms. The lowest BCUT2D eigenvalue weighted by atomic mass is 9.91. The number of rotatable bonds is 7. The van der Waals surface area contributed by atoms with Gasteiger partial charge in [-0.25, -0.2) is 9.59 Å². The zero-order valence-electron chi connectivity index (χ0n) is 19.0. The topological polar surface area (TPSA) is 95.9 Å². The van der Waals surface area contributed by atoms with Gasteiger partial charge in [-0.3, -0.25) is 4.79 Å². The third kappa shape index (κ3) is 4.27. The molecule has 1 heterocycles. The molecule has 2 aromatic rings. The maximum Gasteiger partial charge on any atom is 0.407 e. The lowest BCUT2D eigenvalue weighted by Gasteiger charge is -2.32. The normalized spacial score (nSPS) is 20.9. The summed E-state index contributed by atoms with van der Waals surface area (Å²) >= 11 is 1.43. The largest absolute Gasteiger partial charge is 0.480 e. The van der Waals surface area contributed by atoms with Crippen LogP contribution in [0, 0.1) is 5.92 Å². The lowest BCUT2D eigenvalue weighted by Crippen LogP contribution is -2.53. The minimum Gasteiger partial charge on any atom is -0.480 e. The minimum atomic E-state index is -0.990. The summed E-state index contributed by atoms with van der Waals surface area (Å²) in [5, 5.41) is 12.4. The summed E-state index contributed by atoms with van der Waals surface area (Å²) in [6, 6.07) is 15.5. The van der Waals surface area contributed by atoms with Gasteiger partial charge in [0.1, 0.15) is 12.6 Å². The van der Waals surface area contributed by atoms with Crippen LogP contribution in [-0.4, -0.2) is 57.8 Å². The van der Waals surface area contributed by atoms with Crippen LogP contribution < -0.4 is 5.32 Å². The van der Waals surface area contributed by atoms with Crippen LogP contribution in [0.3, 0.4) is 0 Å². The van der Waals surface area contributed by atoms with Gasteiger partial charge in [-0.05, 0) is 47.9 Å². The molecular formula is C26H28N2O5S. The number of carboxylic acids is 1. The molecule has 5 rings (SSSR count). The second-order valence-corrected chi connectivity index (χ2v) is 10.5. The molecule has 1 saturated heterocycles. The van der Waals surface area contributed by atoms with Crippen molar-refractivity contribution in [2.45, 2.75) is 43.7 Å². The number of hydrogen-bond donors (Lipinski definition) is 2. The number of fused-ring (bicyclic) bond motifs is 3. The molecule has 2 amide bonds. The first-order valence-corrected chi connectivity index (χ1v) is 12.8. The van der Waals surface area contributed by atoms with Crippen LogP contribution in [0.5, 0.6) is 0 Å². The molecule has 8 heteroatoms. The summed E-state index contributed by atoms with van der Waals surface area (Å²) in [6.45, 7) is 2.07. The fraction of sp³-hybridized carbons (Fsp3) is 0.423. The number of carboxylic acid groups (broad SMARTS) is 1. The first-order valence-electron chi connectivity index (χ1n) is 11.6. The van der Waals surface area contributed by atoms with Gasteiger partial charge in [-0.1, -0.05) is 48.5 Å². The predicted octanol–water partition coefficient (Wildman–Crippen LogP) is 4.07. The van der Waals surface area contributed by atoms with Gasteiger partial charge in [0.05, 0.1) is 17.8 Å². The van der Waals surface area contributed by atoms with Crippen LogP contribution in [0.15, 0.2) is 48.5 Å². The number of carbonyl (C=O) groups is 3. The smallest absolute Gasteiger partial charge is 0.407 e. The van der Waals surface area contributed by atoms with Crippen LogP contribution in [0.25, 0.3) is 11.1 Å². The third-order valence-electron chi connectivity index (χ3n) is 7.22. The molecule has 1 aliphatic heterocycles. The van der Waals surface area contributed by atoms with E-state index in [1.165, 1.54) is 16.7 Å². The fourth-order valence-electron chi connectivity index (χ4n) is 5.19. The van der Waals surface area contributed by atoms with Gasteiger partial charge < -0.3 is 20.1 Å². The Kier molecular flexibility index (Phi) is 6.02. The van der Waals surface area contributed by atoms with E-state index in [1.807, 2.05) is 31.2 Å². The van der Waals surface area contributed by atoms with Gasteiger partial charge >= 0.3 is 12.1 Å². The van der Waals surface area contributed by atoms with Gasteiger partial charge in [0.2, 0.25) is 5.91 Å². The van der Waals surface area contributed by atoms with Crippen LogP contribution >= 0.6 is 11.8 Å². The van der Waals surface area contributed by atoms with Crippen molar-refractivity contribution in [2.75, 3.05) is 18.2 Å². The third-order valence-corrected chi connectivity index (χ3v) is 8.23. The average Bonchev–Trinajstić information content (AvgIpc) is 3.48. The monoisotopic (exact) mass is 480 g/mol. The summed E-state index contributed by atoms with van der Waals surface area (Å²) in [6.07, 6.45) is 1.36. The maximum atomic E-state index is 13.0. The number of carbonyl (C=O) groups excluding carboxylic acids is 2. The van der Waals surface area contributed by atoms with Crippen LogP contribution in [-0.2, 0) is 14.3 Å². The zero-order chi connectivity index (χ0) is 23.9. The van der Waals surface area contributed by atoms with Crippen LogP contribution in [0.4, 0.5) is 4.79 Å². The Bertz CT molecular complexity index is 1090. The highest BCUT2D eigenvalue weighted by Gasteiger charge is 2.46. The highest BCUT2D eigenvalue weighted by Crippen LogP contribution is 2.45. The van der Waals surface area contributed by atoms with E-state index in [4.69, 9.17) is 4.74 Å². The number of thioether (sulfide) groups is 1. The van der Waals surface area contributed by atoms with Crippen molar-refractivity contribution in [1.29, 1.82) is 0 Å². The Labute approximate surface area is 202 Å². The molecule has 178 valence electrons. The molecular weight excluding hydrogens is 452 g/mol. The Morgan fingerprint density at radius 3 is 2.29 bits per heavy atom. The Hall–Kier alpha value is -3.00. The van der Waals surface area contributed by atoms with Crippen molar-refractivity contribution in [2.24, 2.45) is 5.92 Å². The molecule has 1 saturated carbocycles. The molecule has 0 spiro atoms. The summed E-state index contributed by atoms with van der Waals surface area (Å²) in [5.74, 6) is -0.343. The van der Waals surface area contributed by atoms with E-state index in [-0.39, 0.29) is 30.8 Å². The summed E-state index contributed by atoms with van der Waals surface area (Å²) in [7, 11) is 0. The summed E-state index contributed by atoms with van der Waals surface area (Å²) in [4.78, 5) is 38.8. The van der Waals surface area contributed by atoms with Crippen molar-refractivity contribution in [1.82, 2.24) is 10.2 Å². The maximum absolute atomic E-state index is 13.0. The highest BCUT2D eigenvalue weighted by atomic mass is 32.2. The first-order chi connectivity index (χ1) is 16.4. The van der Waals surface area contributed by atoms with E-state index in [2.05, 4.69) is 29.6 Å². The highest BCUT2D eigenvalue weighted by molar-refractivity contribution is 7.99. The van der Waals surface area contributed by atoms with Gasteiger partial charge in [0, 0.05) is 11.7 Å². The molecule has 2 N–H and O–H groups in total. The van der Waals surface area contributed by atoms with Gasteiger partial charge in [-0.15, -0.1) is 11.8 Å². The van der Waals surface area contributed by atoms with Crippen molar-refractivity contribution < 1.29 is 24.2 Å². The molecule has 1 unspecified atom stereocenters. The van der Waals surface area contributed by atoms with Crippen molar-refractivity contribution in [3.8, 4) is 11.1 Å². The number of ether oxygens (including phenoxy) is 1. The Balaban J connectivity index is 1.25. The molecule has 2 aliphatic carbocycles. The van der Waals surface area contributed by atoms with E-state index >= 15 is 0 Å². The van der Waals surface area contributed by atoms with E-state index < -0.39 is 23.6 Å². The molecule has 3 aliphatic rings. The lowest BCUT2D eigenvalue weighted by molar-refractivity contribution is -0.148. The fourth-order valence-corrected chi connectivity index (χ4v) is 6.36. The quantitative estimate of drug-likeness (QED) is 0.620. The second kappa shape index (κ2) is 8.98. The molecule has 0 radical (unpaired) electrons.